The van der Waals surface area contributed by atoms with Crippen molar-refractivity contribution < 1.29 is 9.90 Å². The SMILES string of the molecule is Cc1ccc2nc(-c3ccc(CC(=O)O)cc3)cn2c1. The normalized spacial score (nSPS) is 10.8. The summed E-state index contributed by atoms with van der Waals surface area (Å²) >= 11 is 0. The number of nitrogens with zero attached hydrogens (tertiary/aromatic N) is 2. The number of aliphatic carboxylic acids is 1. The van der Waals surface area contributed by atoms with Crippen LogP contribution in [0.4, 0.5) is 0 Å². The molecule has 100 valence electrons. The molecular weight excluding hydrogens is 252 g/mol. The fourth-order valence-electron chi connectivity index (χ4n) is 2.21. The van der Waals surface area contributed by atoms with Crippen LogP contribution in [-0.4, -0.2) is 20.5 Å². The minimum atomic E-state index is -0.819. The summed E-state index contributed by atoms with van der Waals surface area (Å²) in [5.41, 5.74) is 4.75. The van der Waals surface area contributed by atoms with Crippen LogP contribution in [0.5, 0.6) is 0 Å². The Kier molecular flexibility index (Phi) is 2.99. The first kappa shape index (κ1) is 12.4. The zero-order valence-electron chi connectivity index (χ0n) is 11.1. The van der Waals surface area contributed by atoms with Gasteiger partial charge in [-0.2, -0.15) is 0 Å². The largest absolute Gasteiger partial charge is 0.481 e. The van der Waals surface area contributed by atoms with Gasteiger partial charge >= 0.3 is 5.97 Å². The molecule has 0 spiro atoms. The summed E-state index contributed by atoms with van der Waals surface area (Å²) in [4.78, 5) is 15.2. The van der Waals surface area contributed by atoms with E-state index < -0.39 is 5.97 Å². The molecule has 0 unspecified atom stereocenters. The standard InChI is InChI=1S/C16H14N2O2/c1-11-2-7-15-17-14(10-18(15)9-11)13-5-3-12(4-6-13)8-16(19)20/h2-7,9-10H,8H2,1H3,(H,19,20). The van der Waals surface area contributed by atoms with Crippen molar-refractivity contribution in [3.05, 3.63) is 59.9 Å². The van der Waals surface area contributed by atoms with E-state index in [0.717, 1.165) is 22.5 Å². The van der Waals surface area contributed by atoms with Crippen LogP contribution in [0.15, 0.2) is 48.8 Å². The third kappa shape index (κ3) is 2.40. The number of carbonyl (C=O) groups is 1. The number of hydrogen-bond donors (Lipinski definition) is 1. The van der Waals surface area contributed by atoms with Crippen molar-refractivity contribution in [3.63, 3.8) is 0 Å². The van der Waals surface area contributed by atoms with E-state index in [1.807, 2.05) is 60.1 Å². The second kappa shape index (κ2) is 4.81. The van der Waals surface area contributed by atoms with E-state index in [2.05, 4.69) is 4.98 Å². The van der Waals surface area contributed by atoms with E-state index in [4.69, 9.17) is 5.11 Å². The molecular formula is C16H14N2O2. The van der Waals surface area contributed by atoms with E-state index >= 15 is 0 Å². The van der Waals surface area contributed by atoms with Gasteiger partial charge in [0.15, 0.2) is 0 Å². The highest BCUT2D eigenvalue weighted by Gasteiger charge is 2.05. The van der Waals surface area contributed by atoms with Gasteiger partial charge in [0.2, 0.25) is 0 Å². The molecule has 0 aliphatic carbocycles. The molecule has 2 heterocycles. The van der Waals surface area contributed by atoms with Gasteiger partial charge in [-0.15, -0.1) is 0 Å². The molecule has 4 heteroatoms. The van der Waals surface area contributed by atoms with E-state index in [1.165, 1.54) is 5.56 Å². The lowest BCUT2D eigenvalue weighted by Crippen LogP contribution is -1.99. The zero-order chi connectivity index (χ0) is 14.1. The Balaban J connectivity index is 1.96. The van der Waals surface area contributed by atoms with Crippen molar-refractivity contribution in [1.82, 2.24) is 9.38 Å². The topological polar surface area (TPSA) is 54.6 Å². The zero-order valence-corrected chi connectivity index (χ0v) is 11.1. The first-order valence-corrected chi connectivity index (χ1v) is 6.38. The number of benzene rings is 1. The maximum absolute atomic E-state index is 10.7. The third-order valence-corrected chi connectivity index (χ3v) is 3.20. The molecule has 0 saturated carbocycles. The Bertz CT molecular complexity index is 773. The Hall–Kier alpha value is -2.62. The maximum Gasteiger partial charge on any atom is 0.307 e. The molecule has 0 bridgehead atoms. The molecule has 3 rings (SSSR count). The summed E-state index contributed by atoms with van der Waals surface area (Å²) < 4.78 is 2.00. The minimum Gasteiger partial charge on any atom is -0.481 e. The molecule has 20 heavy (non-hydrogen) atoms. The monoisotopic (exact) mass is 266 g/mol. The van der Waals surface area contributed by atoms with Gasteiger partial charge in [-0.3, -0.25) is 4.79 Å². The van der Waals surface area contributed by atoms with Crippen LogP contribution >= 0.6 is 0 Å². The minimum absolute atomic E-state index is 0.0463. The van der Waals surface area contributed by atoms with Gasteiger partial charge < -0.3 is 9.51 Å². The average Bonchev–Trinajstić information content (AvgIpc) is 2.81. The molecule has 3 aromatic rings. The Morgan fingerprint density at radius 3 is 2.60 bits per heavy atom. The van der Waals surface area contributed by atoms with Gasteiger partial charge in [0.05, 0.1) is 12.1 Å². The maximum atomic E-state index is 10.7. The van der Waals surface area contributed by atoms with Gasteiger partial charge in [-0.1, -0.05) is 30.3 Å². The van der Waals surface area contributed by atoms with E-state index in [1.54, 1.807) is 0 Å². The number of pyridine rings is 1. The Labute approximate surface area is 116 Å². The molecule has 0 atom stereocenters. The smallest absolute Gasteiger partial charge is 0.307 e. The summed E-state index contributed by atoms with van der Waals surface area (Å²) in [7, 11) is 0. The van der Waals surface area contributed by atoms with Gasteiger partial charge in [-0.05, 0) is 24.1 Å². The molecule has 0 aliphatic rings. The average molecular weight is 266 g/mol. The van der Waals surface area contributed by atoms with E-state index in [0.29, 0.717) is 0 Å². The quantitative estimate of drug-likeness (QED) is 0.793. The lowest BCUT2D eigenvalue weighted by molar-refractivity contribution is -0.136. The second-order valence-electron chi connectivity index (χ2n) is 4.87. The second-order valence-corrected chi connectivity index (χ2v) is 4.87. The fraction of sp³-hybridized carbons (Fsp3) is 0.125. The number of carboxylic acid groups (broad SMARTS) is 1. The number of hydrogen-bond acceptors (Lipinski definition) is 2. The summed E-state index contributed by atoms with van der Waals surface area (Å²) in [6, 6.07) is 11.5. The van der Waals surface area contributed by atoms with Crippen molar-refractivity contribution in [2.45, 2.75) is 13.3 Å². The molecule has 1 N–H and O–H groups in total. The van der Waals surface area contributed by atoms with Crippen molar-refractivity contribution in [3.8, 4) is 11.3 Å². The molecule has 0 fully saturated rings. The Morgan fingerprint density at radius 2 is 1.90 bits per heavy atom. The highest BCUT2D eigenvalue weighted by Crippen LogP contribution is 2.20. The first-order valence-electron chi connectivity index (χ1n) is 6.38. The Morgan fingerprint density at radius 1 is 1.15 bits per heavy atom. The number of fused-ring (bicyclic) bond motifs is 1. The van der Waals surface area contributed by atoms with Crippen molar-refractivity contribution in [2.75, 3.05) is 0 Å². The number of carboxylic acids is 1. The van der Waals surface area contributed by atoms with Crippen LogP contribution in [0.3, 0.4) is 0 Å². The number of aromatic nitrogens is 2. The van der Waals surface area contributed by atoms with Gasteiger partial charge in [0.25, 0.3) is 0 Å². The highest BCUT2D eigenvalue weighted by molar-refractivity contribution is 5.71. The van der Waals surface area contributed by atoms with E-state index in [-0.39, 0.29) is 6.42 Å². The summed E-state index contributed by atoms with van der Waals surface area (Å²) in [5, 5.41) is 8.76. The summed E-state index contributed by atoms with van der Waals surface area (Å²) in [6.07, 6.45) is 4.06. The van der Waals surface area contributed by atoms with Gasteiger partial charge in [0, 0.05) is 18.0 Å². The predicted octanol–water partition coefficient (Wildman–Crippen LogP) is 2.94. The van der Waals surface area contributed by atoms with Crippen LogP contribution < -0.4 is 0 Å². The number of rotatable bonds is 3. The van der Waals surface area contributed by atoms with Gasteiger partial charge in [0.1, 0.15) is 5.65 Å². The van der Waals surface area contributed by atoms with Gasteiger partial charge in [-0.25, -0.2) is 4.98 Å². The molecule has 0 saturated heterocycles. The van der Waals surface area contributed by atoms with Crippen LogP contribution in [0.2, 0.25) is 0 Å². The van der Waals surface area contributed by atoms with Crippen LogP contribution in [0.1, 0.15) is 11.1 Å². The van der Waals surface area contributed by atoms with E-state index in [9.17, 15) is 4.79 Å². The number of imidazole rings is 1. The molecule has 0 amide bonds. The van der Waals surface area contributed by atoms with Crippen LogP contribution in [0.25, 0.3) is 16.9 Å². The lowest BCUT2D eigenvalue weighted by Gasteiger charge is -1.99. The highest BCUT2D eigenvalue weighted by atomic mass is 16.4. The molecule has 1 aromatic carbocycles. The van der Waals surface area contributed by atoms with Crippen molar-refractivity contribution >= 4 is 11.6 Å². The molecule has 0 radical (unpaired) electrons. The fourth-order valence-corrected chi connectivity index (χ4v) is 2.21. The third-order valence-electron chi connectivity index (χ3n) is 3.20. The van der Waals surface area contributed by atoms with Crippen LogP contribution in [0, 0.1) is 6.92 Å². The summed E-state index contributed by atoms with van der Waals surface area (Å²) in [6.45, 7) is 2.04. The van der Waals surface area contributed by atoms with Crippen LogP contribution in [-0.2, 0) is 11.2 Å². The first-order chi connectivity index (χ1) is 9.61. The lowest BCUT2D eigenvalue weighted by atomic mass is 10.1. The molecule has 4 nitrogen and oxygen atoms in total. The number of aryl methyl sites for hydroxylation is 1. The molecule has 2 aromatic heterocycles. The molecule has 0 aliphatic heterocycles. The predicted molar refractivity (Wildman–Crippen MR) is 76.7 cm³/mol. The summed E-state index contributed by atoms with van der Waals surface area (Å²) in [5.74, 6) is -0.819. The van der Waals surface area contributed by atoms with Crippen molar-refractivity contribution in [1.29, 1.82) is 0 Å². The van der Waals surface area contributed by atoms with Crippen molar-refractivity contribution in [2.24, 2.45) is 0 Å².